The summed E-state index contributed by atoms with van der Waals surface area (Å²) >= 11 is 0. The van der Waals surface area contributed by atoms with Gasteiger partial charge in [-0.1, -0.05) is 0 Å². The monoisotopic (exact) mass is 257 g/mol. The molecule has 1 saturated heterocycles. The fourth-order valence-corrected chi connectivity index (χ4v) is 2.64. The Kier molecular flexibility index (Phi) is 4.75. The van der Waals surface area contributed by atoms with Crippen LogP contribution < -0.4 is 5.73 Å². The highest BCUT2D eigenvalue weighted by Crippen LogP contribution is 2.20. The van der Waals surface area contributed by atoms with Crippen LogP contribution in [0.1, 0.15) is 34.1 Å². The lowest BCUT2D eigenvalue weighted by Crippen LogP contribution is -2.59. The highest BCUT2D eigenvalue weighted by molar-refractivity contribution is 5.77. The van der Waals surface area contributed by atoms with E-state index in [4.69, 9.17) is 10.8 Å². The van der Waals surface area contributed by atoms with Crippen LogP contribution in [-0.4, -0.2) is 64.7 Å². The minimum absolute atomic E-state index is 0.190. The largest absolute Gasteiger partial charge is 0.480 e. The quantitative estimate of drug-likeness (QED) is 0.771. The van der Waals surface area contributed by atoms with Crippen LogP contribution in [0.2, 0.25) is 0 Å². The molecule has 4 atom stereocenters. The number of nitrogens with zero attached hydrogens (tertiary/aromatic N) is 2. The van der Waals surface area contributed by atoms with E-state index in [1.807, 2.05) is 0 Å². The zero-order chi connectivity index (χ0) is 14.1. The Bertz CT molecular complexity index is 295. The molecule has 0 amide bonds. The van der Waals surface area contributed by atoms with Crippen LogP contribution in [0.25, 0.3) is 0 Å². The third-order valence-corrected chi connectivity index (χ3v) is 4.22. The second kappa shape index (κ2) is 5.55. The maximum atomic E-state index is 11.1. The second-order valence-corrected chi connectivity index (χ2v) is 6.09. The van der Waals surface area contributed by atoms with Crippen LogP contribution in [-0.2, 0) is 4.79 Å². The van der Waals surface area contributed by atoms with Gasteiger partial charge in [0.05, 0.1) is 0 Å². The van der Waals surface area contributed by atoms with E-state index in [9.17, 15) is 4.79 Å². The molecule has 1 aliphatic rings. The lowest BCUT2D eigenvalue weighted by atomic mass is 9.93. The van der Waals surface area contributed by atoms with Gasteiger partial charge in [-0.15, -0.1) is 0 Å². The Labute approximate surface area is 110 Å². The van der Waals surface area contributed by atoms with Gasteiger partial charge >= 0.3 is 5.97 Å². The molecule has 4 unspecified atom stereocenters. The van der Waals surface area contributed by atoms with Crippen molar-refractivity contribution in [3.8, 4) is 0 Å². The molecule has 0 spiro atoms. The first-order chi connectivity index (χ1) is 8.15. The van der Waals surface area contributed by atoms with E-state index >= 15 is 0 Å². The number of nitrogens with two attached hydrogens (primary N) is 1. The number of hydrogen-bond donors (Lipinski definition) is 2. The summed E-state index contributed by atoms with van der Waals surface area (Å²) in [7, 11) is 2.14. The van der Waals surface area contributed by atoms with E-state index in [2.05, 4.69) is 37.6 Å². The number of hydrogen-bond acceptors (Lipinski definition) is 4. The number of likely N-dealkylation sites (N-methyl/N-ethyl adjacent to an activating group) is 1. The Hall–Kier alpha value is -0.650. The van der Waals surface area contributed by atoms with Crippen molar-refractivity contribution in [3.63, 3.8) is 0 Å². The van der Waals surface area contributed by atoms with E-state index in [0.717, 1.165) is 13.1 Å². The lowest BCUT2D eigenvalue weighted by molar-refractivity contribution is -0.143. The maximum Gasteiger partial charge on any atom is 0.323 e. The summed E-state index contributed by atoms with van der Waals surface area (Å²) in [6.45, 7) is 10.0. The number of piperazine rings is 1. The number of aliphatic carboxylic acids is 1. The summed E-state index contributed by atoms with van der Waals surface area (Å²) < 4.78 is 0. The highest BCUT2D eigenvalue weighted by Gasteiger charge is 2.35. The third kappa shape index (κ3) is 3.43. The Morgan fingerprint density at radius 1 is 1.44 bits per heavy atom. The molecule has 0 aromatic heterocycles. The first kappa shape index (κ1) is 15.4. The minimum atomic E-state index is -1.14. The molecule has 1 rings (SSSR count). The van der Waals surface area contributed by atoms with Crippen LogP contribution in [0.3, 0.4) is 0 Å². The fraction of sp³-hybridized carbons (Fsp3) is 0.923. The molecule has 0 aromatic rings. The van der Waals surface area contributed by atoms with Crippen molar-refractivity contribution in [2.45, 2.75) is 57.8 Å². The summed E-state index contributed by atoms with van der Waals surface area (Å²) in [5.41, 5.74) is 4.68. The summed E-state index contributed by atoms with van der Waals surface area (Å²) in [4.78, 5) is 15.8. The van der Waals surface area contributed by atoms with Crippen LogP contribution in [0.15, 0.2) is 0 Å². The smallest absolute Gasteiger partial charge is 0.323 e. The van der Waals surface area contributed by atoms with Crippen LogP contribution in [0.4, 0.5) is 0 Å². The predicted molar refractivity (Wildman–Crippen MR) is 72.6 cm³/mol. The molecule has 106 valence electrons. The summed E-state index contributed by atoms with van der Waals surface area (Å²) in [5.74, 6) is -0.926. The van der Waals surface area contributed by atoms with Gasteiger partial charge in [0.25, 0.3) is 0 Å². The highest BCUT2D eigenvalue weighted by atomic mass is 16.4. The van der Waals surface area contributed by atoms with Crippen LogP contribution >= 0.6 is 0 Å². The number of rotatable bonds is 4. The molecule has 1 heterocycles. The van der Waals surface area contributed by atoms with Crippen LogP contribution in [0, 0.1) is 0 Å². The number of carbonyl (C=O) groups is 1. The molecule has 0 aromatic carbocycles. The molecule has 1 aliphatic heterocycles. The first-order valence-electron chi connectivity index (χ1n) is 6.63. The Morgan fingerprint density at radius 2 is 1.89 bits per heavy atom. The minimum Gasteiger partial charge on any atom is -0.480 e. The molecule has 1 fully saturated rings. The SMILES string of the molecule is CC(CC(C)(N)C(=O)O)N1CC(C)N(C)C(C)C1. The zero-order valence-electron chi connectivity index (χ0n) is 12.2. The van der Waals surface area contributed by atoms with Gasteiger partial charge in [0, 0.05) is 31.2 Å². The van der Waals surface area contributed by atoms with Crippen molar-refractivity contribution in [1.82, 2.24) is 9.80 Å². The Morgan fingerprint density at radius 3 is 2.28 bits per heavy atom. The van der Waals surface area contributed by atoms with Gasteiger partial charge in [-0.3, -0.25) is 14.6 Å². The van der Waals surface area contributed by atoms with Gasteiger partial charge < -0.3 is 10.8 Å². The normalized spacial score (nSPS) is 31.9. The summed E-state index contributed by atoms with van der Waals surface area (Å²) in [6, 6.07) is 1.17. The van der Waals surface area contributed by atoms with Crippen LogP contribution in [0.5, 0.6) is 0 Å². The molecule has 18 heavy (non-hydrogen) atoms. The summed E-state index contributed by atoms with van der Waals surface area (Å²) in [5, 5.41) is 9.08. The van der Waals surface area contributed by atoms with Gasteiger partial charge in [-0.2, -0.15) is 0 Å². The topological polar surface area (TPSA) is 69.8 Å². The predicted octanol–water partition coefficient (Wildman–Crippen LogP) is 0.591. The van der Waals surface area contributed by atoms with Gasteiger partial charge in [-0.05, 0) is 41.2 Å². The number of carboxylic acid groups (broad SMARTS) is 1. The second-order valence-electron chi connectivity index (χ2n) is 6.09. The molecule has 0 aliphatic carbocycles. The fourth-order valence-electron chi connectivity index (χ4n) is 2.64. The maximum absolute atomic E-state index is 11.1. The van der Waals surface area contributed by atoms with Gasteiger partial charge in [0.2, 0.25) is 0 Å². The van der Waals surface area contributed by atoms with Crippen molar-refractivity contribution in [2.24, 2.45) is 5.73 Å². The number of carboxylic acids is 1. The van der Waals surface area contributed by atoms with Gasteiger partial charge in [0.1, 0.15) is 5.54 Å². The van der Waals surface area contributed by atoms with Crippen molar-refractivity contribution in [2.75, 3.05) is 20.1 Å². The molecule has 5 nitrogen and oxygen atoms in total. The first-order valence-corrected chi connectivity index (χ1v) is 6.63. The standard InChI is InChI=1S/C13H27N3O2/c1-9(6-13(4,14)12(17)18)16-7-10(2)15(5)11(3)8-16/h9-11H,6-8,14H2,1-5H3,(H,17,18). The molecule has 0 saturated carbocycles. The van der Waals surface area contributed by atoms with Crippen molar-refractivity contribution >= 4 is 5.97 Å². The van der Waals surface area contributed by atoms with E-state index in [1.54, 1.807) is 6.92 Å². The van der Waals surface area contributed by atoms with E-state index in [1.165, 1.54) is 0 Å². The molecular weight excluding hydrogens is 230 g/mol. The van der Waals surface area contributed by atoms with Gasteiger partial charge in [-0.25, -0.2) is 0 Å². The van der Waals surface area contributed by atoms with Crippen molar-refractivity contribution in [3.05, 3.63) is 0 Å². The van der Waals surface area contributed by atoms with E-state index in [0.29, 0.717) is 18.5 Å². The molecule has 5 heteroatoms. The Balaban J connectivity index is 2.63. The molecular formula is C13H27N3O2. The molecule has 0 radical (unpaired) electrons. The van der Waals surface area contributed by atoms with E-state index in [-0.39, 0.29) is 6.04 Å². The average Bonchev–Trinajstić information content (AvgIpc) is 2.24. The summed E-state index contributed by atoms with van der Waals surface area (Å²) in [6.07, 6.45) is 0.478. The third-order valence-electron chi connectivity index (χ3n) is 4.22. The average molecular weight is 257 g/mol. The molecule has 3 N–H and O–H groups in total. The van der Waals surface area contributed by atoms with Gasteiger partial charge in [0.15, 0.2) is 0 Å². The molecule has 0 bridgehead atoms. The zero-order valence-corrected chi connectivity index (χ0v) is 12.2. The van der Waals surface area contributed by atoms with Crippen molar-refractivity contribution in [1.29, 1.82) is 0 Å². The lowest BCUT2D eigenvalue weighted by Gasteiger charge is -2.45. The van der Waals surface area contributed by atoms with E-state index < -0.39 is 11.5 Å². The van der Waals surface area contributed by atoms with Crippen molar-refractivity contribution < 1.29 is 9.90 Å².